The summed E-state index contributed by atoms with van der Waals surface area (Å²) < 4.78 is 8.13. The normalized spacial score (nSPS) is 21.8. The van der Waals surface area contributed by atoms with Crippen molar-refractivity contribution in [3.63, 3.8) is 0 Å². The first-order valence-corrected chi connectivity index (χ1v) is 23.7. The Morgan fingerprint density at radius 1 is 0.909 bits per heavy atom. The van der Waals surface area contributed by atoms with E-state index in [4.69, 9.17) is 0 Å². The zero-order valence-electron chi connectivity index (χ0n) is 16.6. The van der Waals surface area contributed by atoms with Crippen LogP contribution in [-0.4, -0.2) is 34.5 Å². The molecule has 0 aromatic rings. The van der Waals surface area contributed by atoms with Crippen molar-refractivity contribution in [3.05, 3.63) is 19.5 Å². The molecule has 128 valence electrons. The molecule has 0 aliphatic carbocycles. The zero-order chi connectivity index (χ0) is 17.0. The van der Waals surface area contributed by atoms with E-state index in [0.717, 1.165) is 5.54 Å². The summed E-state index contributed by atoms with van der Waals surface area (Å²) in [6, 6.07) is 0. The van der Waals surface area contributed by atoms with Crippen molar-refractivity contribution in [3.8, 4) is 0 Å². The van der Waals surface area contributed by atoms with Crippen LogP contribution in [0.15, 0.2) is 19.5 Å². The molecule has 1 atom stereocenters. The third-order valence-electron chi connectivity index (χ3n) is 5.27. The molecular weight excluding hydrogens is 403 g/mol. The molecule has 0 aromatic carbocycles. The van der Waals surface area contributed by atoms with E-state index < -0.39 is 34.5 Å². The first kappa shape index (κ1) is 20.8. The molecule has 1 unspecified atom stereocenters. The molecular formula is C19H40Si2Sn. The molecule has 0 N–H and O–H groups in total. The third kappa shape index (κ3) is 5.37. The van der Waals surface area contributed by atoms with Gasteiger partial charge in [-0.2, -0.15) is 0 Å². The second kappa shape index (κ2) is 8.20. The molecule has 0 fully saturated rings. The molecule has 1 rings (SSSR count). The Morgan fingerprint density at radius 3 is 1.77 bits per heavy atom. The summed E-state index contributed by atoms with van der Waals surface area (Å²) in [5.41, 5.74) is 0.794. The zero-order valence-corrected chi connectivity index (χ0v) is 21.4. The molecule has 0 saturated carbocycles. The van der Waals surface area contributed by atoms with Crippen LogP contribution in [0.5, 0.6) is 0 Å². The SMILES string of the molecule is CCC[CH2][Sn]1([CH2]CCC)[CH]=CC([Si](C)(C)C)C=[C]1[Si](C)(C)C. The van der Waals surface area contributed by atoms with Crippen molar-refractivity contribution < 1.29 is 0 Å². The van der Waals surface area contributed by atoms with Gasteiger partial charge in [-0.15, -0.1) is 0 Å². The van der Waals surface area contributed by atoms with Crippen LogP contribution in [0, 0.1) is 0 Å². The van der Waals surface area contributed by atoms with Gasteiger partial charge in [-0.25, -0.2) is 0 Å². The molecule has 22 heavy (non-hydrogen) atoms. The van der Waals surface area contributed by atoms with Crippen molar-refractivity contribution in [1.82, 2.24) is 0 Å². The van der Waals surface area contributed by atoms with Gasteiger partial charge in [0.2, 0.25) is 0 Å². The molecule has 0 bridgehead atoms. The predicted molar refractivity (Wildman–Crippen MR) is 113 cm³/mol. The molecule has 0 aromatic heterocycles. The molecule has 0 radical (unpaired) electrons. The van der Waals surface area contributed by atoms with Crippen molar-refractivity contribution in [2.45, 2.75) is 93.2 Å². The van der Waals surface area contributed by atoms with Crippen LogP contribution in [0.2, 0.25) is 53.7 Å². The van der Waals surface area contributed by atoms with Crippen LogP contribution in [0.4, 0.5) is 0 Å². The molecule has 1 aliphatic heterocycles. The average Bonchev–Trinajstić information content (AvgIpc) is 2.41. The van der Waals surface area contributed by atoms with Gasteiger partial charge in [-0.05, 0) is 0 Å². The first-order valence-electron chi connectivity index (χ1n) is 9.49. The third-order valence-corrected chi connectivity index (χ3v) is 32.2. The maximum atomic E-state index is 2.89. The van der Waals surface area contributed by atoms with Crippen LogP contribution in [0.1, 0.15) is 39.5 Å². The quantitative estimate of drug-likeness (QED) is 0.348. The van der Waals surface area contributed by atoms with Gasteiger partial charge in [0.15, 0.2) is 0 Å². The van der Waals surface area contributed by atoms with E-state index >= 15 is 0 Å². The average molecular weight is 443 g/mol. The van der Waals surface area contributed by atoms with Crippen molar-refractivity contribution in [1.29, 1.82) is 0 Å². The molecule has 0 amide bonds. The van der Waals surface area contributed by atoms with E-state index in [1.807, 2.05) is 0 Å². The summed E-state index contributed by atoms with van der Waals surface area (Å²) in [5, 5.41) is 0. The van der Waals surface area contributed by atoms with E-state index in [0.29, 0.717) is 0 Å². The summed E-state index contributed by atoms with van der Waals surface area (Å²) in [5.74, 6) is 0. The second-order valence-electron chi connectivity index (χ2n) is 9.44. The van der Waals surface area contributed by atoms with E-state index in [2.05, 4.69) is 72.6 Å². The Kier molecular flexibility index (Phi) is 7.73. The van der Waals surface area contributed by atoms with Crippen molar-refractivity contribution in [2.75, 3.05) is 0 Å². The maximum absolute atomic E-state index is 2.89. The van der Waals surface area contributed by atoms with Gasteiger partial charge in [-0.3, -0.25) is 0 Å². The minimum atomic E-state index is -2.24. The minimum absolute atomic E-state index is 0.794. The van der Waals surface area contributed by atoms with Gasteiger partial charge in [0.1, 0.15) is 0 Å². The standard InChI is InChI=1S/C11H22Si2.2C4H9.Sn/c1-8-11(13(5,6)7)9-10-12(2,3)4;2*1-3-4-2;/h1,8-9,11H,2-7H3;2*1,3-4H2,2H3;. The Labute approximate surface area is 146 Å². The van der Waals surface area contributed by atoms with E-state index in [-0.39, 0.29) is 0 Å². The topological polar surface area (TPSA) is 0 Å². The molecule has 0 nitrogen and oxygen atoms in total. The number of hydrogen-bond acceptors (Lipinski definition) is 0. The fraction of sp³-hybridized carbons (Fsp3) is 0.789. The van der Waals surface area contributed by atoms with E-state index in [9.17, 15) is 0 Å². The number of allylic oxidation sites excluding steroid dienone is 2. The molecule has 0 saturated heterocycles. The summed E-state index contributed by atoms with van der Waals surface area (Å²) >= 11 is -2.24. The Bertz CT molecular complexity index is 402. The number of unbranched alkanes of at least 4 members (excludes halogenated alkanes) is 2. The Hall–Kier alpha value is 0.712. The predicted octanol–water partition coefficient (Wildman–Crippen LogP) is 7.20. The number of hydrogen-bond donors (Lipinski definition) is 0. The Morgan fingerprint density at radius 2 is 1.41 bits per heavy atom. The summed E-state index contributed by atoms with van der Waals surface area (Å²) in [7, 11) is -2.30. The summed E-state index contributed by atoms with van der Waals surface area (Å²) in [6.45, 7) is 20.2. The van der Waals surface area contributed by atoms with Crippen LogP contribution < -0.4 is 0 Å². The molecule has 3 heteroatoms. The molecule has 1 aliphatic rings. The van der Waals surface area contributed by atoms with Crippen LogP contribution >= 0.6 is 0 Å². The Balaban J connectivity index is 3.25. The van der Waals surface area contributed by atoms with Crippen molar-refractivity contribution >= 4 is 34.5 Å². The summed E-state index contributed by atoms with van der Waals surface area (Å²) in [4.78, 5) is 0. The van der Waals surface area contributed by atoms with Crippen LogP contribution in [0.3, 0.4) is 0 Å². The van der Waals surface area contributed by atoms with E-state index in [1.54, 1.807) is 8.87 Å². The van der Waals surface area contributed by atoms with Gasteiger partial charge < -0.3 is 0 Å². The van der Waals surface area contributed by atoms with Gasteiger partial charge in [0, 0.05) is 0 Å². The molecule has 1 heterocycles. The van der Waals surface area contributed by atoms with Gasteiger partial charge in [0.05, 0.1) is 0 Å². The fourth-order valence-electron chi connectivity index (χ4n) is 3.86. The molecule has 0 spiro atoms. The fourth-order valence-corrected chi connectivity index (χ4v) is 36.0. The van der Waals surface area contributed by atoms with E-state index in [1.165, 1.54) is 25.7 Å². The summed E-state index contributed by atoms with van der Waals surface area (Å²) in [6.07, 6.45) is 11.2. The van der Waals surface area contributed by atoms with Crippen molar-refractivity contribution in [2.24, 2.45) is 0 Å². The second-order valence-corrected chi connectivity index (χ2v) is 33.3. The van der Waals surface area contributed by atoms with Gasteiger partial charge in [0.25, 0.3) is 0 Å². The van der Waals surface area contributed by atoms with Gasteiger partial charge >= 0.3 is 147 Å². The first-order chi connectivity index (χ1) is 10.1. The monoisotopic (exact) mass is 444 g/mol. The van der Waals surface area contributed by atoms with Crippen LogP contribution in [-0.2, 0) is 0 Å². The number of rotatable bonds is 8. The van der Waals surface area contributed by atoms with Crippen LogP contribution in [0.25, 0.3) is 0 Å². The van der Waals surface area contributed by atoms with Gasteiger partial charge in [-0.1, -0.05) is 0 Å².